The summed E-state index contributed by atoms with van der Waals surface area (Å²) in [5, 5.41) is 6.33. The topological polar surface area (TPSA) is 27.7 Å². The van der Waals surface area contributed by atoms with Gasteiger partial charge in [-0.05, 0) is 124 Å². The molecule has 55 heavy (non-hydrogen) atoms. The van der Waals surface area contributed by atoms with E-state index in [4.69, 9.17) is 14.2 Å². The zero-order valence-electron chi connectivity index (χ0n) is 30.8. The van der Waals surface area contributed by atoms with Crippen molar-refractivity contribution in [1.29, 1.82) is 0 Å². The Morgan fingerprint density at radius 2 is 0.745 bits per heavy atom. The minimum Gasteiger partial charge on any atom is -0.378 e. The number of hydrogen-bond acceptors (Lipinski definition) is 5. The Morgan fingerprint density at radius 1 is 0.455 bits per heavy atom. The van der Waals surface area contributed by atoms with Gasteiger partial charge in [0.2, 0.25) is 0 Å². The van der Waals surface area contributed by atoms with Crippen LogP contribution in [0.15, 0.2) is 97.1 Å². The number of aryl methyl sites for hydroxylation is 4. The summed E-state index contributed by atoms with van der Waals surface area (Å²) in [4.78, 5) is 4.71. The van der Waals surface area contributed by atoms with E-state index in [1.54, 1.807) is 22.7 Å². The number of benzene rings is 4. The van der Waals surface area contributed by atoms with E-state index < -0.39 is 15.8 Å². The lowest BCUT2D eigenvalue weighted by atomic mass is 9.93. The van der Waals surface area contributed by atoms with Crippen molar-refractivity contribution in [2.24, 2.45) is 0 Å². The molecule has 4 heterocycles. The molecule has 11 heteroatoms. The second-order valence-corrected chi connectivity index (χ2v) is 21.2. The first-order valence-corrected chi connectivity index (χ1v) is 22.5. The number of thiophene rings is 2. The van der Waals surface area contributed by atoms with Crippen LogP contribution in [-0.2, 0) is 14.2 Å². The average molecular weight is 819 g/mol. The molecule has 0 N–H and O–H groups in total. The zero-order valence-corrected chi connectivity index (χ0v) is 34.2. The van der Waals surface area contributed by atoms with Gasteiger partial charge in [-0.3, -0.25) is 0 Å². The lowest BCUT2D eigenvalue weighted by Crippen LogP contribution is -2.35. The molecule has 0 spiro atoms. The molecule has 0 aliphatic carbocycles. The van der Waals surface area contributed by atoms with Crippen molar-refractivity contribution < 1.29 is 31.8 Å². The maximum absolute atomic E-state index is 14.2. The van der Waals surface area contributed by atoms with Gasteiger partial charge >= 0.3 is 0 Å². The number of halogens is 4. The standard InChI is InChI=1S/C44H40F4O3P2S2/c1-25-41(43(27(3)54-25)52(33-13-5-29(45)6-14-33)34-15-7-30(46)8-16-34)37-21-49-23-39(37)51-40-24-50-22-38(40)42-26(2)55-28(4)44(42)53(35-17-9-31(47)10-18-35)36-19-11-32(48)12-20-36/h5-20,37-40H,21-24H2,1-4H3/t37-,38-,39-,40-/m0/s1. The van der Waals surface area contributed by atoms with Gasteiger partial charge in [0.1, 0.15) is 23.3 Å². The lowest BCUT2D eigenvalue weighted by Gasteiger charge is -2.29. The van der Waals surface area contributed by atoms with Gasteiger partial charge in [-0.2, -0.15) is 0 Å². The van der Waals surface area contributed by atoms with E-state index in [0.29, 0.717) is 26.4 Å². The van der Waals surface area contributed by atoms with Crippen molar-refractivity contribution in [2.45, 2.75) is 51.7 Å². The number of hydrogen-bond donors (Lipinski definition) is 0. The summed E-state index contributed by atoms with van der Waals surface area (Å²) in [6, 6.07) is 26.7. The third-order valence-corrected chi connectivity index (χ3v) is 18.2. The molecule has 2 aliphatic heterocycles. The SMILES string of the molecule is Cc1sc(C)c(P(c2ccc(F)cc2)c2ccc(F)cc2)c1[C@H]1COC[C@@H]1O[C@H]1COC[C@@H]1c1c(C)sc(C)c1P(c1ccc(F)cc1)c1ccc(F)cc1. The van der Waals surface area contributed by atoms with Crippen LogP contribution in [0.25, 0.3) is 0 Å². The molecule has 2 saturated heterocycles. The fourth-order valence-corrected chi connectivity index (χ4v) is 16.3. The van der Waals surface area contributed by atoms with E-state index >= 15 is 0 Å². The minimum atomic E-state index is -1.15. The number of ether oxygens (including phenoxy) is 3. The summed E-state index contributed by atoms with van der Waals surface area (Å²) in [5.41, 5.74) is 2.39. The van der Waals surface area contributed by atoms with Crippen LogP contribution in [0.4, 0.5) is 17.6 Å². The normalized spacial score (nSPS) is 20.0. The van der Waals surface area contributed by atoms with E-state index in [9.17, 15) is 17.6 Å². The van der Waals surface area contributed by atoms with Crippen molar-refractivity contribution in [3.05, 3.63) is 151 Å². The monoisotopic (exact) mass is 818 g/mol. The van der Waals surface area contributed by atoms with Gasteiger partial charge in [-0.1, -0.05) is 48.5 Å². The van der Waals surface area contributed by atoms with Crippen LogP contribution in [-0.4, -0.2) is 38.6 Å². The Kier molecular flexibility index (Phi) is 11.4. The van der Waals surface area contributed by atoms with Crippen molar-refractivity contribution in [3.8, 4) is 0 Å². The molecule has 0 saturated carbocycles. The largest absolute Gasteiger partial charge is 0.378 e. The maximum atomic E-state index is 14.2. The summed E-state index contributed by atoms with van der Waals surface area (Å²) in [6.07, 6.45) is -0.503. The smallest absolute Gasteiger partial charge is 0.123 e. The first-order chi connectivity index (χ1) is 26.6. The minimum absolute atomic E-state index is 0.0626. The van der Waals surface area contributed by atoms with Crippen LogP contribution < -0.4 is 31.8 Å². The second-order valence-electron chi connectivity index (χ2n) is 14.0. The van der Waals surface area contributed by atoms with Gasteiger partial charge in [-0.25, -0.2) is 17.6 Å². The molecule has 0 bridgehead atoms. The maximum Gasteiger partial charge on any atom is 0.123 e. The van der Waals surface area contributed by atoms with Gasteiger partial charge in [0.05, 0.1) is 38.6 Å². The van der Waals surface area contributed by atoms with Gasteiger partial charge in [0, 0.05) is 42.0 Å². The predicted molar refractivity (Wildman–Crippen MR) is 221 cm³/mol. The Hall–Kier alpha value is -3.26. The molecule has 3 nitrogen and oxygen atoms in total. The fraction of sp³-hybridized carbons (Fsp3) is 0.273. The highest BCUT2D eigenvalue weighted by atomic mass is 32.1. The van der Waals surface area contributed by atoms with Gasteiger partial charge in [0.25, 0.3) is 0 Å². The summed E-state index contributed by atoms with van der Waals surface area (Å²) in [7, 11) is -2.30. The van der Waals surface area contributed by atoms with Crippen LogP contribution in [0.2, 0.25) is 0 Å². The highest BCUT2D eigenvalue weighted by Crippen LogP contribution is 2.47. The van der Waals surface area contributed by atoms with Crippen LogP contribution in [0.3, 0.4) is 0 Å². The van der Waals surface area contributed by atoms with Crippen molar-refractivity contribution in [1.82, 2.24) is 0 Å². The first kappa shape index (κ1) is 38.6. The molecule has 0 radical (unpaired) electrons. The molecule has 2 fully saturated rings. The van der Waals surface area contributed by atoms with Crippen LogP contribution in [0.1, 0.15) is 42.5 Å². The third-order valence-electron chi connectivity index (χ3n) is 10.5. The highest BCUT2D eigenvalue weighted by molar-refractivity contribution is 7.80. The number of rotatable bonds is 10. The van der Waals surface area contributed by atoms with Crippen molar-refractivity contribution in [3.63, 3.8) is 0 Å². The predicted octanol–water partition coefficient (Wildman–Crippen LogP) is 8.80. The summed E-state index contributed by atoms with van der Waals surface area (Å²) in [5.74, 6) is -1.33. The quantitative estimate of drug-likeness (QED) is 0.102. The van der Waals surface area contributed by atoms with Gasteiger partial charge < -0.3 is 14.2 Å². The Labute approximate surface area is 329 Å². The van der Waals surface area contributed by atoms with Crippen LogP contribution >= 0.6 is 38.5 Å². The van der Waals surface area contributed by atoms with E-state index in [1.165, 1.54) is 89.8 Å². The third kappa shape index (κ3) is 7.75. The molecule has 6 aromatic rings. The molecule has 0 unspecified atom stereocenters. The Morgan fingerprint density at radius 3 is 1.04 bits per heavy atom. The average Bonchev–Trinajstić information content (AvgIpc) is 3.95. The van der Waals surface area contributed by atoms with Crippen molar-refractivity contribution >= 4 is 70.3 Å². The summed E-state index contributed by atoms with van der Waals surface area (Å²) < 4.78 is 76.4. The molecular formula is C44H40F4O3P2S2. The molecule has 8 rings (SSSR count). The van der Waals surface area contributed by atoms with Crippen LogP contribution in [0.5, 0.6) is 0 Å². The molecule has 2 aliphatic rings. The van der Waals surface area contributed by atoms with E-state index in [1.807, 2.05) is 48.5 Å². The van der Waals surface area contributed by atoms with Gasteiger partial charge in [0.15, 0.2) is 0 Å². The first-order valence-electron chi connectivity index (χ1n) is 18.2. The summed E-state index contributed by atoms with van der Waals surface area (Å²) >= 11 is 3.49. The lowest BCUT2D eigenvalue weighted by molar-refractivity contribution is -0.0292. The highest BCUT2D eigenvalue weighted by Gasteiger charge is 2.43. The van der Waals surface area contributed by atoms with Crippen molar-refractivity contribution in [2.75, 3.05) is 26.4 Å². The van der Waals surface area contributed by atoms with E-state index in [-0.39, 0.29) is 47.3 Å². The van der Waals surface area contributed by atoms with Crippen LogP contribution in [0, 0.1) is 51.0 Å². The molecule has 2 aromatic heterocycles. The van der Waals surface area contributed by atoms with Gasteiger partial charge in [-0.15, -0.1) is 22.7 Å². The Bertz CT molecular complexity index is 2020. The van der Waals surface area contributed by atoms with E-state index in [0.717, 1.165) is 21.2 Å². The summed E-state index contributed by atoms with van der Waals surface area (Å²) in [6.45, 7) is 10.4. The molecule has 4 aromatic carbocycles. The zero-order chi connectivity index (χ0) is 38.4. The molecular weight excluding hydrogens is 779 g/mol. The Balaban J connectivity index is 1.16. The molecule has 4 atom stereocenters. The second kappa shape index (κ2) is 16.3. The van der Waals surface area contributed by atoms with E-state index in [2.05, 4.69) is 27.7 Å². The molecule has 0 amide bonds. The molecule has 284 valence electrons. The fourth-order valence-electron chi connectivity index (χ4n) is 8.08.